The molecule has 0 saturated heterocycles. The van der Waals surface area contributed by atoms with Crippen LogP contribution in [0, 0.1) is 5.82 Å². The summed E-state index contributed by atoms with van der Waals surface area (Å²) in [4.78, 5) is 11.6. The zero-order valence-electron chi connectivity index (χ0n) is 11.8. The van der Waals surface area contributed by atoms with Crippen molar-refractivity contribution in [2.45, 2.75) is 6.54 Å². The molecule has 2 amide bonds. The van der Waals surface area contributed by atoms with E-state index in [1.807, 2.05) is 24.3 Å². The fourth-order valence-electron chi connectivity index (χ4n) is 1.77. The zero-order chi connectivity index (χ0) is 15.8. The maximum atomic E-state index is 13.4. The molecular weight excluding hydrogens is 351 g/mol. The highest BCUT2D eigenvalue weighted by Crippen LogP contribution is 2.17. The average Bonchev–Trinajstić information content (AvgIpc) is 2.51. The van der Waals surface area contributed by atoms with Gasteiger partial charge in [0, 0.05) is 16.6 Å². The van der Waals surface area contributed by atoms with Gasteiger partial charge in [-0.2, -0.15) is 0 Å². The van der Waals surface area contributed by atoms with E-state index >= 15 is 0 Å². The second-order valence-corrected chi connectivity index (χ2v) is 5.42. The van der Waals surface area contributed by atoms with Crippen LogP contribution in [0.1, 0.15) is 5.56 Å². The van der Waals surface area contributed by atoms with Gasteiger partial charge in [-0.1, -0.05) is 40.2 Å². The third kappa shape index (κ3) is 5.37. The number of ether oxygens (including phenoxy) is 1. The van der Waals surface area contributed by atoms with Crippen molar-refractivity contribution in [3.8, 4) is 5.75 Å². The lowest BCUT2D eigenvalue weighted by atomic mass is 10.2. The van der Waals surface area contributed by atoms with Gasteiger partial charge >= 0.3 is 6.03 Å². The highest BCUT2D eigenvalue weighted by molar-refractivity contribution is 9.10. The van der Waals surface area contributed by atoms with Gasteiger partial charge in [0.25, 0.3) is 0 Å². The summed E-state index contributed by atoms with van der Waals surface area (Å²) in [6.07, 6.45) is 0. The van der Waals surface area contributed by atoms with Gasteiger partial charge in [0.2, 0.25) is 0 Å². The first-order chi connectivity index (χ1) is 10.6. The SMILES string of the molecule is O=C(NCCOc1cccc(Br)c1)NCc1ccccc1F. The molecule has 2 N–H and O–H groups in total. The van der Waals surface area contributed by atoms with E-state index in [0.29, 0.717) is 18.7 Å². The van der Waals surface area contributed by atoms with Crippen LogP contribution in [0.5, 0.6) is 5.75 Å². The quantitative estimate of drug-likeness (QED) is 0.769. The molecule has 2 aromatic rings. The molecule has 4 nitrogen and oxygen atoms in total. The first-order valence-corrected chi connectivity index (χ1v) is 7.58. The first kappa shape index (κ1) is 16.3. The van der Waals surface area contributed by atoms with E-state index in [1.54, 1.807) is 18.2 Å². The van der Waals surface area contributed by atoms with Crippen molar-refractivity contribution in [2.24, 2.45) is 0 Å². The number of benzene rings is 2. The van der Waals surface area contributed by atoms with E-state index in [9.17, 15) is 9.18 Å². The normalized spacial score (nSPS) is 10.1. The Kier molecular flexibility index (Phi) is 6.21. The molecular formula is C16H16BrFN2O2. The Bertz CT molecular complexity index is 637. The summed E-state index contributed by atoms with van der Waals surface area (Å²) in [7, 11) is 0. The Hall–Kier alpha value is -2.08. The van der Waals surface area contributed by atoms with Gasteiger partial charge in [-0.05, 0) is 24.3 Å². The van der Waals surface area contributed by atoms with Gasteiger partial charge in [-0.3, -0.25) is 0 Å². The number of rotatable bonds is 6. The molecule has 0 aliphatic rings. The van der Waals surface area contributed by atoms with Crippen LogP contribution in [0.2, 0.25) is 0 Å². The average molecular weight is 367 g/mol. The van der Waals surface area contributed by atoms with Gasteiger partial charge in [0.05, 0.1) is 6.54 Å². The van der Waals surface area contributed by atoms with E-state index < -0.39 is 0 Å². The van der Waals surface area contributed by atoms with Gasteiger partial charge < -0.3 is 15.4 Å². The molecule has 0 bridgehead atoms. The number of hydrogen-bond acceptors (Lipinski definition) is 2. The minimum Gasteiger partial charge on any atom is -0.492 e. The molecule has 0 aliphatic carbocycles. The number of nitrogens with one attached hydrogen (secondary N) is 2. The summed E-state index contributed by atoms with van der Waals surface area (Å²) in [6.45, 7) is 0.851. The Balaban J connectivity index is 1.65. The molecule has 0 atom stereocenters. The van der Waals surface area contributed by atoms with Crippen molar-refractivity contribution < 1.29 is 13.9 Å². The minimum absolute atomic E-state index is 0.144. The number of carbonyl (C=O) groups excluding carboxylic acids is 1. The fourth-order valence-corrected chi connectivity index (χ4v) is 2.15. The Labute approximate surface area is 136 Å². The molecule has 2 rings (SSSR count). The molecule has 0 fully saturated rings. The van der Waals surface area contributed by atoms with Gasteiger partial charge in [-0.15, -0.1) is 0 Å². The van der Waals surface area contributed by atoms with E-state index in [4.69, 9.17) is 4.74 Å². The van der Waals surface area contributed by atoms with E-state index in [-0.39, 0.29) is 18.4 Å². The predicted octanol–water partition coefficient (Wildman–Crippen LogP) is 3.47. The number of carbonyl (C=O) groups is 1. The molecule has 0 aliphatic heterocycles. The predicted molar refractivity (Wildman–Crippen MR) is 86.3 cm³/mol. The van der Waals surface area contributed by atoms with Crippen molar-refractivity contribution in [3.05, 3.63) is 64.4 Å². The lowest BCUT2D eigenvalue weighted by molar-refractivity contribution is 0.236. The van der Waals surface area contributed by atoms with Gasteiger partial charge in [0.1, 0.15) is 18.2 Å². The summed E-state index contributed by atoms with van der Waals surface area (Å²) >= 11 is 3.35. The molecule has 116 valence electrons. The van der Waals surface area contributed by atoms with E-state index in [0.717, 1.165) is 10.2 Å². The van der Waals surface area contributed by atoms with Crippen molar-refractivity contribution in [2.75, 3.05) is 13.2 Å². The monoisotopic (exact) mass is 366 g/mol. The first-order valence-electron chi connectivity index (χ1n) is 6.78. The van der Waals surface area contributed by atoms with Crippen LogP contribution < -0.4 is 15.4 Å². The maximum absolute atomic E-state index is 13.4. The Morgan fingerprint density at radius 1 is 1.14 bits per heavy atom. The third-order valence-electron chi connectivity index (χ3n) is 2.85. The molecule has 0 heterocycles. The summed E-state index contributed by atoms with van der Waals surface area (Å²) in [5.41, 5.74) is 0.447. The van der Waals surface area contributed by atoms with Crippen molar-refractivity contribution in [1.82, 2.24) is 10.6 Å². The topological polar surface area (TPSA) is 50.4 Å². The standard InChI is InChI=1S/C16H16BrFN2O2/c17-13-5-3-6-14(10-13)22-9-8-19-16(21)20-11-12-4-1-2-7-15(12)18/h1-7,10H,8-9,11H2,(H2,19,20,21). The smallest absolute Gasteiger partial charge is 0.315 e. The second-order valence-electron chi connectivity index (χ2n) is 4.51. The van der Waals surface area contributed by atoms with Crippen LogP contribution in [0.3, 0.4) is 0 Å². The largest absolute Gasteiger partial charge is 0.492 e. The number of hydrogen-bond donors (Lipinski definition) is 2. The molecule has 0 spiro atoms. The van der Waals surface area contributed by atoms with Crippen LogP contribution >= 0.6 is 15.9 Å². The molecule has 2 aromatic carbocycles. The molecule has 0 saturated carbocycles. The lowest BCUT2D eigenvalue weighted by Crippen LogP contribution is -2.37. The number of amides is 2. The molecule has 22 heavy (non-hydrogen) atoms. The van der Waals surface area contributed by atoms with Crippen LogP contribution in [0.15, 0.2) is 53.0 Å². The molecule has 0 radical (unpaired) electrons. The molecule has 6 heteroatoms. The van der Waals surface area contributed by atoms with Crippen LogP contribution in [-0.2, 0) is 6.54 Å². The zero-order valence-corrected chi connectivity index (χ0v) is 13.4. The molecule has 0 unspecified atom stereocenters. The highest BCUT2D eigenvalue weighted by atomic mass is 79.9. The van der Waals surface area contributed by atoms with Crippen molar-refractivity contribution in [3.63, 3.8) is 0 Å². The number of halogens is 2. The third-order valence-corrected chi connectivity index (χ3v) is 3.34. The highest BCUT2D eigenvalue weighted by Gasteiger charge is 2.03. The maximum Gasteiger partial charge on any atom is 0.315 e. The van der Waals surface area contributed by atoms with Gasteiger partial charge in [0.15, 0.2) is 0 Å². The Morgan fingerprint density at radius 3 is 2.73 bits per heavy atom. The number of urea groups is 1. The van der Waals surface area contributed by atoms with Crippen LogP contribution in [-0.4, -0.2) is 19.2 Å². The lowest BCUT2D eigenvalue weighted by Gasteiger charge is -2.09. The van der Waals surface area contributed by atoms with Crippen molar-refractivity contribution >= 4 is 22.0 Å². The summed E-state index contributed by atoms with van der Waals surface area (Å²) < 4.78 is 19.8. The van der Waals surface area contributed by atoms with E-state index in [2.05, 4.69) is 26.6 Å². The summed E-state index contributed by atoms with van der Waals surface area (Å²) in [5, 5.41) is 5.24. The van der Waals surface area contributed by atoms with Gasteiger partial charge in [-0.25, -0.2) is 9.18 Å². The van der Waals surface area contributed by atoms with Crippen LogP contribution in [0.4, 0.5) is 9.18 Å². The summed E-state index contributed by atoms with van der Waals surface area (Å²) in [5.74, 6) is 0.392. The summed E-state index contributed by atoms with van der Waals surface area (Å²) in [6, 6.07) is 13.4. The van der Waals surface area contributed by atoms with E-state index in [1.165, 1.54) is 6.07 Å². The fraction of sp³-hybridized carbons (Fsp3) is 0.188. The van der Waals surface area contributed by atoms with Crippen LogP contribution in [0.25, 0.3) is 0 Å². The van der Waals surface area contributed by atoms with Crippen molar-refractivity contribution in [1.29, 1.82) is 0 Å². The Morgan fingerprint density at radius 2 is 1.95 bits per heavy atom. The molecule has 0 aromatic heterocycles. The minimum atomic E-state index is -0.360. The second kappa shape index (κ2) is 8.38.